The second kappa shape index (κ2) is 3.01. The van der Waals surface area contributed by atoms with Gasteiger partial charge in [0.2, 0.25) is 0 Å². The zero-order valence-corrected chi connectivity index (χ0v) is 9.90. The van der Waals surface area contributed by atoms with Crippen LogP contribution in [0.4, 0.5) is 0 Å². The molecule has 0 aliphatic carbocycles. The molecular weight excluding hydrogens is 247 g/mol. The fourth-order valence-corrected chi connectivity index (χ4v) is 3.29. The first-order chi connectivity index (χ1) is 5.02. The molecule has 0 saturated carbocycles. The van der Waals surface area contributed by atoms with Gasteiger partial charge in [-0.1, -0.05) is 0 Å². The van der Waals surface area contributed by atoms with Crippen molar-refractivity contribution in [2.24, 2.45) is 0 Å². The minimum absolute atomic E-state index is 0.254. The van der Waals surface area contributed by atoms with Gasteiger partial charge in [0.15, 0.2) is 0 Å². The third kappa shape index (κ3) is 2.09. The maximum atomic E-state index is 11.5. The number of hydrogen-bond acceptors (Lipinski definition) is 2. The van der Waals surface area contributed by atoms with Gasteiger partial charge in [-0.05, 0) is 0 Å². The van der Waals surface area contributed by atoms with Gasteiger partial charge in [0, 0.05) is 0 Å². The van der Waals surface area contributed by atoms with Crippen LogP contribution in [0.15, 0.2) is 22.8 Å². The number of hydrogen-bond donors (Lipinski definition) is 0. The standard InChI is InChI=1S/C5H3O2.3CH3.Sn/c6-4-5-2-1-3-7-5;;;;/h1-3H;3*1H3;. The summed E-state index contributed by atoms with van der Waals surface area (Å²) < 4.78 is 5.28. The van der Waals surface area contributed by atoms with E-state index >= 15 is 0 Å². The summed E-state index contributed by atoms with van der Waals surface area (Å²) in [5.41, 5.74) is 0. The Morgan fingerprint density at radius 1 is 1.45 bits per heavy atom. The molecule has 0 spiro atoms. The molecule has 0 saturated heterocycles. The molecule has 0 aromatic carbocycles. The number of furan rings is 1. The van der Waals surface area contributed by atoms with Crippen LogP contribution in [0.25, 0.3) is 0 Å². The third-order valence-corrected chi connectivity index (χ3v) is 6.02. The molecule has 1 aromatic heterocycles. The molecule has 1 rings (SSSR count). The van der Waals surface area contributed by atoms with E-state index in [9.17, 15) is 4.79 Å². The molecule has 0 radical (unpaired) electrons. The predicted molar refractivity (Wildman–Crippen MR) is 46.4 cm³/mol. The minimum atomic E-state index is -2.39. The number of rotatable bonds is 2. The molecule has 0 fully saturated rings. The van der Waals surface area contributed by atoms with Crippen molar-refractivity contribution < 1.29 is 9.21 Å². The summed E-state index contributed by atoms with van der Waals surface area (Å²) in [5.74, 6) is 0.535. The normalized spacial score (nSPS) is 11.5. The van der Waals surface area contributed by atoms with E-state index in [1.54, 1.807) is 18.4 Å². The summed E-state index contributed by atoms with van der Waals surface area (Å²) in [6.45, 7) is 0. The molecule has 0 unspecified atom stereocenters. The molecule has 0 amide bonds. The van der Waals surface area contributed by atoms with Gasteiger partial charge in [0.05, 0.1) is 0 Å². The van der Waals surface area contributed by atoms with Crippen LogP contribution in [0.3, 0.4) is 0 Å². The zero-order valence-electron chi connectivity index (χ0n) is 7.05. The molecule has 3 heteroatoms. The molecule has 0 aliphatic heterocycles. The van der Waals surface area contributed by atoms with Crippen LogP contribution in [0.5, 0.6) is 0 Å². The number of carbonyl (C=O) groups is 1. The Morgan fingerprint density at radius 2 is 2.09 bits per heavy atom. The van der Waals surface area contributed by atoms with Crippen molar-refractivity contribution in [1.29, 1.82) is 0 Å². The third-order valence-electron chi connectivity index (χ3n) is 1.43. The monoisotopic (exact) mass is 260 g/mol. The van der Waals surface area contributed by atoms with Crippen molar-refractivity contribution in [2.45, 2.75) is 14.8 Å². The van der Waals surface area contributed by atoms with Crippen molar-refractivity contribution >= 4 is 22.2 Å². The molecule has 0 aliphatic rings. The van der Waals surface area contributed by atoms with E-state index < -0.39 is 18.4 Å². The summed E-state index contributed by atoms with van der Waals surface area (Å²) >= 11 is -2.39. The molecule has 1 aromatic rings. The summed E-state index contributed by atoms with van der Waals surface area (Å²) in [5, 5.41) is 0. The van der Waals surface area contributed by atoms with Crippen LogP contribution in [-0.2, 0) is 0 Å². The first-order valence-corrected chi connectivity index (χ1v) is 13.6. The Bertz CT molecular complexity index is 244. The van der Waals surface area contributed by atoms with Crippen LogP contribution in [0.1, 0.15) is 10.6 Å². The van der Waals surface area contributed by atoms with Crippen molar-refractivity contribution in [3.63, 3.8) is 0 Å². The Hall–Kier alpha value is -0.251. The summed E-state index contributed by atoms with van der Waals surface area (Å²) in [4.78, 5) is 17.8. The van der Waals surface area contributed by atoms with Crippen molar-refractivity contribution in [3.05, 3.63) is 24.2 Å². The quantitative estimate of drug-likeness (QED) is 0.763. The Morgan fingerprint density at radius 3 is 2.45 bits per heavy atom. The predicted octanol–water partition coefficient (Wildman–Crippen LogP) is 2.34. The second-order valence-electron chi connectivity index (χ2n) is 3.56. The van der Waals surface area contributed by atoms with E-state index in [4.69, 9.17) is 4.42 Å². The Labute approximate surface area is 70.5 Å². The molecule has 60 valence electrons. The molecule has 1 heterocycles. The molecular formula is C8H12O2Sn. The van der Waals surface area contributed by atoms with Crippen LogP contribution in [-0.4, -0.2) is 22.2 Å². The van der Waals surface area contributed by atoms with Gasteiger partial charge in [-0.15, -0.1) is 0 Å². The van der Waals surface area contributed by atoms with Crippen molar-refractivity contribution in [2.75, 3.05) is 0 Å². The molecule has 2 nitrogen and oxygen atoms in total. The van der Waals surface area contributed by atoms with E-state index in [1.807, 2.05) is 0 Å². The average Bonchev–Trinajstić information content (AvgIpc) is 2.34. The Kier molecular flexibility index (Phi) is 2.42. The van der Waals surface area contributed by atoms with E-state index in [1.165, 1.54) is 0 Å². The first kappa shape index (κ1) is 8.84. The fraction of sp³-hybridized carbons (Fsp3) is 0.375. The summed E-state index contributed by atoms with van der Waals surface area (Å²) in [7, 11) is 0. The molecule has 0 atom stereocenters. The van der Waals surface area contributed by atoms with Gasteiger partial charge >= 0.3 is 70.4 Å². The van der Waals surface area contributed by atoms with Crippen LogP contribution in [0.2, 0.25) is 14.8 Å². The van der Waals surface area contributed by atoms with E-state index in [0.29, 0.717) is 5.76 Å². The summed E-state index contributed by atoms with van der Waals surface area (Å²) in [6.07, 6.45) is 1.55. The molecule has 0 N–H and O–H groups in total. The zero-order chi connectivity index (χ0) is 8.48. The maximum absolute atomic E-state index is 11.5. The van der Waals surface area contributed by atoms with E-state index in [-0.39, 0.29) is 3.80 Å². The van der Waals surface area contributed by atoms with Crippen LogP contribution >= 0.6 is 0 Å². The SMILES string of the molecule is [CH3][Sn]([CH3])([CH3])[C](=O)c1ccco1. The number of carbonyl (C=O) groups excluding carboxylic acids is 1. The fourth-order valence-electron chi connectivity index (χ4n) is 0.777. The van der Waals surface area contributed by atoms with Gasteiger partial charge in [-0.25, -0.2) is 0 Å². The first-order valence-electron chi connectivity index (χ1n) is 3.60. The van der Waals surface area contributed by atoms with Gasteiger partial charge < -0.3 is 0 Å². The second-order valence-corrected chi connectivity index (χ2v) is 17.7. The van der Waals surface area contributed by atoms with Crippen LogP contribution in [0, 0.1) is 0 Å². The Balaban J connectivity index is 2.88. The molecule has 0 bridgehead atoms. The van der Waals surface area contributed by atoms with Gasteiger partial charge in [0.1, 0.15) is 0 Å². The van der Waals surface area contributed by atoms with E-state index in [2.05, 4.69) is 14.8 Å². The topological polar surface area (TPSA) is 30.2 Å². The van der Waals surface area contributed by atoms with E-state index in [0.717, 1.165) is 0 Å². The van der Waals surface area contributed by atoms with Gasteiger partial charge in [0.25, 0.3) is 0 Å². The molecule has 11 heavy (non-hydrogen) atoms. The van der Waals surface area contributed by atoms with Gasteiger partial charge in [-0.2, -0.15) is 0 Å². The van der Waals surface area contributed by atoms with Crippen molar-refractivity contribution in [3.8, 4) is 0 Å². The van der Waals surface area contributed by atoms with Gasteiger partial charge in [-0.3, -0.25) is 0 Å². The van der Waals surface area contributed by atoms with Crippen LogP contribution < -0.4 is 0 Å². The average molecular weight is 259 g/mol. The van der Waals surface area contributed by atoms with Crippen molar-refractivity contribution in [1.82, 2.24) is 0 Å². The summed E-state index contributed by atoms with van der Waals surface area (Å²) in [6, 6.07) is 3.50.